The van der Waals surface area contributed by atoms with Crippen LogP contribution in [0.3, 0.4) is 0 Å². The van der Waals surface area contributed by atoms with Crippen LogP contribution in [0, 0.1) is 0 Å². The Bertz CT molecular complexity index is 262. The molecule has 0 unspecified atom stereocenters. The smallest absolute Gasteiger partial charge is 0.308 e. The molecule has 0 aliphatic heterocycles. The highest BCUT2D eigenvalue weighted by molar-refractivity contribution is 7.11. The first-order valence-electron chi connectivity index (χ1n) is 3.11. The van der Waals surface area contributed by atoms with E-state index in [2.05, 4.69) is 6.58 Å². The molecule has 0 aliphatic carbocycles. The minimum atomic E-state index is -0.330. The van der Waals surface area contributed by atoms with Gasteiger partial charge < -0.3 is 4.74 Å². The Kier molecular flexibility index (Phi) is 2.44. The molecule has 0 aliphatic rings. The predicted molar refractivity (Wildman–Crippen MR) is 45.1 cm³/mol. The summed E-state index contributed by atoms with van der Waals surface area (Å²) >= 11 is 1.50. The first kappa shape index (κ1) is 8.01. The van der Waals surface area contributed by atoms with Gasteiger partial charge in [-0.05, 0) is 11.4 Å². The van der Waals surface area contributed by atoms with Crippen LogP contribution in [-0.4, -0.2) is 5.97 Å². The molecular formula is C8H8O2S. The second-order valence-electron chi connectivity index (χ2n) is 1.99. The van der Waals surface area contributed by atoms with Gasteiger partial charge in [-0.1, -0.05) is 12.6 Å². The Labute approximate surface area is 69.1 Å². The third-order valence-corrected chi connectivity index (χ3v) is 1.97. The maximum absolute atomic E-state index is 10.5. The summed E-state index contributed by atoms with van der Waals surface area (Å²) in [6.45, 7) is 4.96. The molecular weight excluding hydrogens is 160 g/mol. The third-order valence-electron chi connectivity index (χ3n) is 1.06. The van der Waals surface area contributed by atoms with Crippen molar-refractivity contribution in [3.63, 3.8) is 0 Å². The van der Waals surface area contributed by atoms with Crippen molar-refractivity contribution in [1.82, 2.24) is 0 Å². The molecule has 0 saturated carbocycles. The molecule has 1 rings (SSSR count). The minimum Gasteiger partial charge on any atom is -0.426 e. The summed E-state index contributed by atoms with van der Waals surface area (Å²) in [5, 5.41) is 1.91. The zero-order valence-electron chi connectivity index (χ0n) is 6.16. The number of hydrogen-bond donors (Lipinski definition) is 0. The van der Waals surface area contributed by atoms with E-state index in [-0.39, 0.29) is 5.97 Å². The number of thiophene rings is 1. The Morgan fingerprint density at radius 2 is 2.45 bits per heavy atom. The lowest BCUT2D eigenvalue weighted by atomic mass is 10.4. The third kappa shape index (κ3) is 2.20. The molecule has 11 heavy (non-hydrogen) atoms. The van der Waals surface area contributed by atoms with E-state index in [9.17, 15) is 4.79 Å². The molecule has 3 heteroatoms. The molecule has 0 bridgehead atoms. The van der Waals surface area contributed by atoms with E-state index in [1.165, 1.54) is 18.3 Å². The quantitative estimate of drug-likeness (QED) is 0.500. The number of ether oxygens (including phenoxy) is 1. The topological polar surface area (TPSA) is 26.3 Å². The molecule has 0 N–H and O–H groups in total. The Hall–Kier alpha value is -1.09. The molecule has 0 atom stereocenters. The first-order valence-corrected chi connectivity index (χ1v) is 3.99. The lowest BCUT2D eigenvalue weighted by Crippen LogP contribution is -1.95. The van der Waals surface area contributed by atoms with E-state index in [0.29, 0.717) is 5.76 Å². The van der Waals surface area contributed by atoms with E-state index in [1.807, 2.05) is 17.5 Å². The second-order valence-corrected chi connectivity index (χ2v) is 2.94. The molecule has 58 valence electrons. The van der Waals surface area contributed by atoms with Crippen LogP contribution in [0.2, 0.25) is 0 Å². The van der Waals surface area contributed by atoms with Gasteiger partial charge in [0.2, 0.25) is 0 Å². The lowest BCUT2D eigenvalue weighted by Gasteiger charge is -2.00. The van der Waals surface area contributed by atoms with Crippen LogP contribution >= 0.6 is 11.3 Å². The summed E-state index contributed by atoms with van der Waals surface area (Å²) in [7, 11) is 0. The zero-order valence-corrected chi connectivity index (χ0v) is 6.98. The lowest BCUT2D eigenvalue weighted by molar-refractivity contribution is -0.134. The van der Waals surface area contributed by atoms with Crippen LogP contribution in [0.15, 0.2) is 24.1 Å². The normalized spacial score (nSPS) is 9.18. The van der Waals surface area contributed by atoms with Crippen molar-refractivity contribution in [2.75, 3.05) is 0 Å². The summed E-state index contributed by atoms with van der Waals surface area (Å²) in [5.74, 6) is 0.0934. The fraction of sp³-hybridized carbons (Fsp3) is 0.125. The molecule has 0 saturated heterocycles. The van der Waals surface area contributed by atoms with Crippen molar-refractivity contribution >= 4 is 23.1 Å². The predicted octanol–water partition coefficient (Wildman–Crippen LogP) is 2.28. The van der Waals surface area contributed by atoms with E-state index >= 15 is 0 Å². The standard InChI is InChI=1S/C8H8O2S/c1-6(10-7(2)9)8-4-3-5-11-8/h3-5H,1H2,2H3. The summed E-state index contributed by atoms with van der Waals surface area (Å²) in [6.07, 6.45) is 0. The van der Waals surface area contributed by atoms with E-state index < -0.39 is 0 Å². The molecule has 0 amide bonds. The van der Waals surface area contributed by atoms with Gasteiger partial charge in [0.1, 0.15) is 5.76 Å². The Morgan fingerprint density at radius 3 is 2.91 bits per heavy atom. The maximum Gasteiger partial charge on any atom is 0.308 e. The monoisotopic (exact) mass is 168 g/mol. The van der Waals surface area contributed by atoms with Gasteiger partial charge in [0.25, 0.3) is 0 Å². The second kappa shape index (κ2) is 3.34. The van der Waals surface area contributed by atoms with E-state index in [1.54, 1.807) is 0 Å². The van der Waals surface area contributed by atoms with Gasteiger partial charge in [0.05, 0.1) is 4.88 Å². The van der Waals surface area contributed by atoms with Crippen molar-refractivity contribution in [3.8, 4) is 0 Å². The van der Waals surface area contributed by atoms with Crippen molar-refractivity contribution < 1.29 is 9.53 Å². The van der Waals surface area contributed by atoms with Gasteiger partial charge in [-0.15, -0.1) is 11.3 Å². The van der Waals surface area contributed by atoms with Crippen molar-refractivity contribution in [1.29, 1.82) is 0 Å². The molecule has 1 aromatic heterocycles. The Balaban J connectivity index is 2.64. The molecule has 1 aromatic rings. The highest BCUT2D eigenvalue weighted by Gasteiger charge is 2.02. The average molecular weight is 168 g/mol. The highest BCUT2D eigenvalue weighted by Crippen LogP contribution is 2.18. The van der Waals surface area contributed by atoms with Crippen LogP contribution in [0.25, 0.3) is 5.76 Å². The number of carbonyl (C=O) groups excluding carboxylic acids is 1. The van der Waals surface area contributed by atoms with Crippen molar-refractivity contribution in [2.45, 2.75) is 6.92 Å². The zero-order chi connectivity index (χ0) is 8.27. The van der Waals surface area contributed by atoms with Crippen LogP contribution in [0.1, 0.15) is 11.8 Å². The van der Waals surface area contributed by atoms with Gasteiger partial charge in [0, 0.05) is 6.92 Å². The molecule has 2 nitrogen and oxygen atoms in total. The van der Waals surface area contributed by atoms with Gasteiger partial charge in [0.15, 0.2) is 0 Å². The van der Waals surface area contributed by atoms with Crippen LogP contribution < -0.4 is 0 Å². The SMILES string of the molecule is C=C(OC(C)=O)c1cccs1. The van der Waals surface area contributed by atoms with Gasteiger partial charge in [-0.2, -0.15) is 0 Å². The highest BCUT2D eigenvalue weighted by atomic mass is 32.1. The van der Waals surface area contributed by atoms with Gasteiger partial charge >= 0.3 is 5.97 Å². The summed E-state index contributed by atoms with van der Waals surface area (Å²) in [6, 6.07) is 3.74. The first-order chi connectivity index (χ1) is 5.20. The molecule has 1 heterocycles. The van der Waals surface area contributed by atoms with Gasteiger partial charge in [-0.3, -0.25) is 4.79 Å². The average Bonchev–Trinajstić information content (AvgIpc) is 2.35. The summed E-state index contributed by atoms with van der Waals surface area (Å²) in [5.41, 5.74) is 0. The van der Waals surface area contributed by atoms with Crippen LogP contribution in [-0.2, 0) is 9.53 Å². The molecule has 0 spiro atoms. The molecule has 0 radical (unpaired) electrons. The molecule has 0 aromatic carbocycles. The summed E-state index contributed by atoms with van der Waals surface area (Å²) in [4.78, 5) is 11.4. The maximum atomic E-state index is 10.5. The molecule has 0 fully saturated rings. The van der Waals surface area contributed by atoms with E-state index in [0.717, 1.165) is 4.88 Å². The van der Waals surface area contributed by atoms with Gasteiger partial charge in [-0.25, -0.2) is 0 Å². The number of hydrogen-bond acceptors (Lipinski definition) is 3. The number of esters is 1. The number of carbonyl (C=O) groups is 1. The summed E-state index contributed by atoms with van der Waals surface area (Å²) < 4.78 is 4.77. The van der Waals surface area contributed by atoms with Crippen molar-refractivity contribution in [2.24, 2.45) is 0 Å². The number of rotatable bonds is 2. The van der Waals surface area contributed by atoms with Crippen molar-refractivity contribution in [3.05, 3.63) is 29.0 Å². The fourth-order valence-corrected chi connectivity index (χ4v) is 1.30. The van der Waals surface area contributed by atoms with Crippen LogP contribution in [0.4, 0.5) is 0 Å². The Morgan fingerprint density at radius 1 is 1.73 bits per heavy atom. The fourth-order valence-electron chi connectivity index (χ4n) is 0.661. The van der Waals surface area contributed by atoms with E-state index in [4.69, 9.17) is 4.74 Å². The minimum absolute atomic E-state index is 0.330. The van der Waals surface area contributed by atoms with Crippen LogP contribution in [0.5, 0.6) is 0 Å². The largest absolute Gasteiger partial charge is 0.426 e.